The molecule has 0 radical (unpaired) electrons. The van der Waals surface area contributed by atoms with E-state index in [0.717, 1.165) is 24.0 Å². The molecule has 0 saturated heterocycles. The van der Waals surface area contributed by atoms with Gasteiger partial charge in [-0.3, -0.25) is 4.79 Å². The summed E-state index contributed by atoms with van der Waals surface area (Å²) in [5.74, 6) is -0.736. The van der Waals surface area contributed by atoms with Crippen LogP contribution in [-0.2, 0) is 22.4 Å². The highest BCUT2D eigenvalue weighted by Gasteiger charge is 2.30. The molecule has 1 N–H and O–H groups in total. The van der Waals surface area contributed by atoms with Gasteiger partial charge in [0.2, 0.25) is 0 Å². The molecule has 30 heavy (non-hydrogen) atoms. The summed E-state index contributed by atoms with van der Waals surface area (Å²) in [7, 11) is 0. The van der Waals surface area contributed by atoms with Gasteiger partial charge >= 0.3 is 5.63 Å². The molecule has 1 aliphatic heterocycles. The number of carboxylic acid groups (broad SMARTS) is 1. The van der Waals surface area contributed by atoms with E-state index in [2.05, 4.69) is 5.32 Å². The third-order valence-electron chi connectivity index (χ3n) is 5.02. The van der Waals surface area contributed by atoms with Gasteiger partial charge in [0.15, 0.2) is 6.61 Å². The Bertz CT molecular complexity index is 1020. The molecular weight excluding hydrogens is 390 g/mol. The smallest absolute Gasteiger partial charge is 0.336 e. The lowest BCUT2D eigenvalue weighted by molar-refractivity contribution is -0.305. The zero-order valence-corrected chi connectivity index (χ0v) is 17.5. The molecule has 8 heteroatoms. The highest BCUT2D eigenvalue weighted by Crippen LogP contribution is 2.43. The summed E-state index contributed by atoms with van der Waals surface area (Å²) in [6.45, 7) is 5.62. The lowest BCUT2D eigenvalue weighted by Gasteiger charge is -2.33. The number of aryl methyl sites for hydroxylation is 2. The fourth-order valence-electron chi connectivity index (χ4n) is 3.60. The summed E-state index contributed by atoms with van der Waals surface area (Å²) in [6.07, 6.45) is 2.67. The highest BCUT2D eigenvalue weighted by molar-refractivity contribution is 5.92. The van der Waals surface area contributed by atoms with Crippen molar-refractivity contribution < 1.29 is 28.6 Å². The normalized spacial score (nSPS) is 14.6. The van der Waals surface area contributed by atoms with Crippen LogP contribution in [0.5, 0.6) is 11.5 Å². The van der Waals surface area contributed by atoms with Crippen LogP contribution in [0, 0.1) is 0 Å². The van der Waals surface area contributed by atoms with E-state index in [0.29, 0.717) is 35.3 Å². The van der Waals surface area contributed by atoms with E-state index in [4.69, 9.17) is 13.9 Å². The van der Waals surface area contributed by atoms with Crippen LogP contribution in [0.15, 0.2) is 21.3 Å². The SMILES string of the molecule is CCCc1cc(=O)oc2c3c(cc(OCC(=O)NCCC(=O)[O-])c12)OC(C)(C)CC3. The molecule has 0 bridgehead atoms. The van der Waals surface area contributed by atoms with Gasteiger partial charge in [-0.25, -0.2) is 4.79 Å². The average molecular weight is 416 g/mol. The van der Waals surface area contributed by atoms with Crippen molar-refractivity contribution in [1.82, 2.24) is 5.32 Å². The average Bonchev–Trinajstić information content (AvgIpc) is 2.64. The van der Waals surface area contributed by atoms with Crippen molar-refractivity contribution in [3.05, 3.63) is 33.7 Å². The zero-order valence-electron chi connectivity index (χ0n) is 17.5. The van der Waals surface area contributed by atoms with Crippen LogP contribution in [0.25, 0.3) is 11.0 Å². The summed E-state index contributed by atoms with van der Waals surface area (Å²) >= 11 is 0. The van der Waals surface area contributed by atoms with Crippen LogP contribution in [-0.4, -0.2) is 30.6 Å². The van der Waals surface area contributed by atoms with Crippen molar-refractivity contribution in [1.29, 1.82) is 0 Å². The Labute approximate surface area is 174 Å². The molecule has 2 heterocycles. The highest BCUT2D eigenvalue weighted by atomic mass is 16.5. The van der Waals surface area contributed by atoms with Gasteiger partial charge in [0.1, 0.15) is 22.7 Å². The Morgan fingerprint density at radius 1 is 1.30 bits per heavy atom. The predicted octanol–water partition coefficient (Wildman–Crippen LogP) is 1.48. The number of amides is 1. The van der Waals surface area contributed by atoms with Crippen molar-refractivity contribution in [2.45, 2.75) is 58.5 Å². The largest absolute Gasteiger partial charge is 0.550 e. The van der Waals surface area contributed by atoms with Crippen LogP contribution < -0.4 is 25.5 Å². The first-order valence-corrected chi connectivity index (χ1v) is 10.1. The number of rotatable bonds is 8. The van der Waals surface area contributed by atoms with E-state index >= 15 is 0 Å². The van der Waals surface area contributed by atoms with Crippen molar-refractivity contribution >= 4 is 22.8 Å². The second kappa shape index (κ2) is 8.77. The van der Waals surface area contributed by atoms with Gasteiger partial charge in [-0.1, -0.05) is 13.3 Å². The molecule has 0 unspecified atom stereocenters. The Morgan fingerprint density at radius 3 is 2.77 bits per heavy atom. The van der Waals surface area contributed by atoms with Gasteiger partial charge < -0.3 is 29.1 Å². The van der Waals surface area contributed by atoms with Gasteiger partial charge in [0, 0.05) is 36.6 Å². The summed E-state index contributed by atoms with van der Waals surface area (Å²) in [4.78, 5) is 34.7. The number of carbonyl (C=O) groups excluding carboxylic acids is 2. The number of aliphatic carboxylic acids is 1. The van der Waals surface area contributed by atoms with Gasteiger partial charge in [-0.05, 0) is 38.7 Å². The number of carboxylic acids is 1. The molecule has 1 aromatic heterocycles. The van der Waals surface area contributed by atoms with Crippen molar-refractivity contribution in [2.24, 2.45) is 0 Å². The molecule has 1 aliphatic rings. The predicted molar refractivity (Wildman–Crippen MR) is 108 cm³/mol. The van der Waals surface area contributed by atoms with Gasteiger partial charge in [0.05, 0.1) is 5.39 Å². The first-order valence-electron chi connectivity index (χ1n) is 10.1. The Morgan fingerprint density at radius 2 is 2.07 bits per heavy atom. The van der Waals surface area contributed by atoms with E-state index in [9.17, 15) is 19.5 Å². The van der Waals surface area contributed by atoms with Crippen molar-refractivity contribution in [3.8, 4) is 11.5 Å². The topological polar surface area (TPSA) is 118 Å². The molecule has 0 fully saturated rings. The molecule has 0 spiro atoms. The number of nitrogens with one attached hydrogen (secondary N) is 1. The second-order valence-corrected chi connectivity index (χ2v) is 8.02. The van der Waals surface area contributed by atoms with Gasteiger partial charge in [0.25, 0.3) is 5.91 Å². The molecular formula is C22H26NO7-. The minimum absolute atomic E-state index is 0.0390. The second-order valence-electron chi connectivity index (χ2n) is 8.02. The number of carbonyl (C=O) groups is 2. The number of fused-ring (bicyclic) bond motifs is 3. The number of hydrogen-bond acceptors (Lipinski definition) is 7. The standard InChI is InChI=1S/C22H27NO7/c1-4-5-13-10-19(27)29-21-14-6-8-22(2,3)30-15(14)11-16(20(13)21)28-12-17(24)23-9-7-18(25)26/h10-11H,4-9,12H2,1-3H3,(H,23,24)(H,25,26)/p-1. The maximum absolute atomic E-state index is 12.2. The van der Waals surface area contributed by atoms with E-state index < -0.39 is 17.5 Å². The van der Waals surface area contributed by atoms with E-state index in [1.807, 2.05) is 20.8 Å². The summed E-state index contributed by atoms with van der Waals surface area (Å²) < 4.78 is 17.4. The van der Waals surface area contributed by atoms with Gasteiger partial charge in [-0.15, -0.1) is 0 Å². The molecule has 1 aromatic carbocycles. The first kappa shape index (κ1) is 21.7. The lowest BCUT2D eigenvalue weighted by atomic mass is 9.91. The summed E-state index contributed by atoms with van der Waals surface area (Å²) in [5.41, 5.74) is 1.25. The molecule has 0 saturated carbocycles. The number of hydrogen-bond donors (Lipinski definition) is 1. The van der Waals surface area contributed by atoms with Crippen LogP contribution >= 0.6 is 0 Å². The van der Waals surface area contributed by atoms with Crippen LogP contribution in [0.3, 0.4) is 0 Å². The molecule has 1 amide bonds. The monoisotopic (exact) mass is 416 g/mol. The lowest BCUT2D eigenvalue weighted by Crippen LogP contribution is -2.34. The number of ether oxygens (including phenoxy) is 2. The van der Waals surface area contributed by atoms with E-state index in [-0.39, 0.29) is 25.2 Å². The van der Waals surface area contributed by atoms with Crippen molar-refractivity contribution in [3.63, 3.8) is 0 Å². The summed E-state index contributed by atoms with van der Waals surface area (Å²) in [6, 6.07) is 3.20. The Kier molecular flexibility index (Phi) is 6.34. The maximum Gasteiger partial charge on any atom is 0.336 e. The number of benzene rings is 1. The Hall–Kier alpha value is -3.03. The minimum atomic E-state index is -1.24. The van der Waals surface area contributed by atoms with Crippen LogP contribution in [0.2, 0.25) is 0 Å². The molecule has 8 nitrogen and oxygen atoms in total. The maximum atomic E-state index is 12.2. The quantitative estimate of drug-likeness (QED) is 0.648. The molecule has 0 aliphatic carbocycles. The first-order chi connectivity index (χ1) is 14.2. The van der Waals surface area contributed by atoms with Crippen LogP contribution in [0.1, 0.15) is 51.2 Å². The Balaban J connectivity index is 1.98. The van der Waals surface area contributed by atoms with Crippen LogP contribution in [0.4, 0.5) is 0 Å². The zero-order chi connectivity index (χ0) is 21.9. The minimum Gasteiger partial charge on any atom is -0.550 e. The third-order valence-corrected chi connectivity index (χ3v) is 5.02. The van der Waals surface area contributed by atoms with E-state index in [1.54, 1.807) is 6.07 Å². The third kappa shape index (κ3) is 4.93. The molecule has 2 aromatic rings. The fraction of sp³-hybridized carbons (Fsp3) is 0.500. The fourth-order valence-corrected chi connectivity index (χ4v) is 3.60. The van der Waals surface area contributed by atoms with Crippen molar-refractivity contribution in [2.75, 3.05) is 13.2 Å². The molecule has 162 valence electrons. The summed E-state index contributed by atoms with van der Waals surface area (Å²) in [5, 5.41) is 13.6. The van der Waals surface area contributed by atoms with Gasteiger partial charge in [-0.2, -0.15) is 0 Å². The molecule has 0 atom stereocenters. The molecule has 3 rings (SSSR count). The van der Waals surface area contributed by atoms with E-state index in [1.165, 1.54) is 6.07 Å².